The van der Waals surface area contributed by atoms with Gasteiger partial charge in [-0.1, -0.05) is 0 Å². The van der Waals surface area contributed by atoms with Gasteiger partial charge < -0.3 is 4.74 Å². The van der Waals surface area contributed by atoms with E-state index in [1.165, 1.54) is 0 Å². The summed E-state index contributed by atoms with van der Waals surface area (Å²) in [7, 11) is 1.65. The first-order valence-corrected chi connectivity index (χ1v) is 3.10. The van der Waals surface area contributed by atoms with Crippen LogP contribution in [0.25, 0.3) is 0 Å². The van der Waals surface area contributed by atoms with Crippen molar-refractivity contribution in [2.24, 2.45) is 0 Å². The van der Waals surface area contributed by atoms with Crippen LogP contribution in [0.2, 0.25) is 0 Å². The minimum atomic E-state index is 0. The molecule has 0 aliphatic rings. The third-order valence-electron chi connectivity index (χ3n) is 1.07. The average molecular weight is 335 g/mol. The molecule has 0 N–H and O–H groups in total. The van der Waals surface area contributed by atoms with Gasteiger partial charge in [-0.15, -0.1) is 12.6 Å². The number of ether oxygens (including phenoxy) is 1. The van der Waals surface area contributed by atoms with E-state index >= 15 is 0 Å². The Balaban J connectivity index is -0.0000000231. The molecule has 1 nitrogen and oxygen atoms in total. The minimum Gasteiger partial charge on any atom is -0.497 e. The van der Waals surface area contributed by atoms with Crippen LogP contribution in [0, 0.1) is 0 Å². The fraction of sp³-hybridized carbons (Fsp3) is 0.143. The zero-order valence-electron chi connectivity index (χ0n) is 8.06. The van der Waals surface area contributed by atoms with Gasteiger partial charge >= 0.3 is 0 Å². The van der Waals surface area contributed by atoms with Gasteiger partial charge in [0.05, 0.1) is 7.11 Å². The molecule has 0 aliphatic carbocycles. The molecule has 0 spiro atoms. The second kappa shape index (κ2) is 24.0. The van der Waals surface area contributed by atoms with Gasteiger partial charge in [0.25, 0.3) is 0 Å². The molecular formula is C7H14AsF6OS. The van der Waals surface area contributed by atoms with Gasteiger partial charge in [0.1, 0.15) is 5.75 Å². The predicted octanol–water partition coefficient (Wildman–Crippen LogP) is 2.52. The number of hydrogen-bond donors (Lipinski definition) is 1. The van der Waals surface area contributed by atoms with Crippen molar-refractivity contribution in [1.82, 2.24) is 0 Å². The van der Waals surface area contributed by atoms with E-state index in [4.69, 9.17) is 4.74 Å². The first-order valence-electron chi connectivity index (χ1n) is 2.66. The van der Waals surface area contributed by atoms with Crippen LogP contribution >= 0.6 is 12.6 Å². The first kappa shape index (κ1) is 45.1. The van der Waals surface area contributed by atoms with Crippen LogP contribution in [-0.4, -0.2) is 25.1 Å². The number of halogens is 6. The summed E-state index contributed by atoms with van der Waals surface area (Å²) in [5.74, 6) is 0.868. The average Bonchev–Trinajstić information content (AvgIpc) is 1.90. The quantitative estimate of drug-likeness (QED) is 0.471. The zero-order valence-corrected chi connectivity index (χ0v) is 10.8. The monoisotopic (exact) mass is 335 g/mol. The smallest absolute Gasteiger partial charge is 0.118 e. The molecule has 0 saturated carbocycles. The maximum absolute atomic E-state index is 4.94. The summed E-state index contributed by atoms with van der Waals surface area (Å²) in [6, 6.07) is 7.54. The van der Waals surface area contributed by atoms with Crippen molar-refractivity contribution in [3.8, 4) is 5.75 Å². The molecule has 1 aromatic rings. The van der Waals surface area contributed by atoms with Crippen LogP contribution in [0.1, 0.15) is 0 Å². The van der Waals surface area contributed by atoms with Crippen molar-refractivity contribution in [1.29, 1.82) is 0 Å². The van der Waals surface area contributed by atoms with E-state index in [-0.39, 0.29) is 46.2 Å². The molecule has 0 heterocycles. The molecule has 0 fully saturated rings. The molecule has 0 saturated heterocycles. The van der Waals surface area contributed by atoms with Gasteiger partial charge in [0.15, 0.2) is 0 Å². The van der Waals surface area contributed by atoms with Gasteiger partial charge in [0, 0.05) is 22.8 Å². The second-order valence-corrected chi connectivity index (χ2v) is 2.21. The maximum atomic E-state index is 4.94. The molecular weight excluding hydrogens is 321 g/mol. The summed E-state index contributed by atoms with van der Waals surface area (Å²) in [5, 5.41) is 0. The van der Waals surface area contributed by atoms with E-state index in [1.54, 1.807) is 7.11 Å². The van der Waals surface area contributed by atoms with E-state index in [0.29, 0.717) is 0 Å². The Morgan fingerprint density at radius 1 is 0.812 bits per heavy atom. The summed E-state index contributed by atoms with van der Waals surface area (Å²) in [6.07, 6.45) is 0. The van der Waals surface area contributed by atoms with E-state index in [9.17, 15) is 0 Å². The Hall–Kier alpha value is -0.492. The van der Waals surface area contributed by atoms with Gasteiger partial charge in [-0.2, -0.15) is 0 Å². The molecule has 0 unspecified atom stereocenters. The zero-order chi connectivity index (χ0) is 6.69. The Labute approximate surface area is 106 Å². The van der Waals surface area contributed by atoms with E-state index < -0.39 is 0 Å². The number of hydrogen-bond acceptors (Lipinski definition) is 2. The van der Waals surface area contributed by atoms with Crippen LogP contribution in [0.15, 0.2) is 29.2 Å². The standard InChI is InChI=1S/C7H8OS.As.6FH/c1-8-6-2-4-7(9)5-3-6;;;;;;;/h2-5,9H,1H3;;6*1H. The largest absolute Gasteiger partial charge is 0.497 e. The molecule has 1 rings (SSSR count). The van der Waals surface area contributed by atoms with Crippen LogP contribution in [-0.2, 0) is 0 Å². The molecule has 101 valence electrons. The summed E-state index contributed by atoms with van der Waals surface area (Å²) in [4.78, 5) is 0.954. The number of benzene rings is 1. The summed E-state index contributed by atoms with van der Waals surface area (Å²) >= 11 is 4.11. The van der Waals surface area contributed by atoms with Crippen molar-refractivity contribution < 1.29 is 33.0 Å². The van der Waals surface area contributed by atoms with Crippen molar-refractivity contribution in [3.63, 3.8) is 0 Å². The fourth-order valence-corrected chi connectivity index (χ4v) is 0.731. The molecule has 0 bridgehead atoms. The Morgan fingerprint density at radius 2 is 1.12 bits per heavy atom. The first-order chi connectivity index (χ1) is 4.33. The van der Waals surface area contributed by atoms with E-state index in [1.807, 2.05) is 24.3 Å². The third kappa shape index (κ3) is 16.0. The molecule has 0 atom stereocenters. The second-order valence-electron chi connectivity index (χ2n) is 1.70. The third-order valence-corrected chi connectivity index (χ3v) is 1.37. The van der Waals surface area contributed by atoms with Gasteiger partial charge in [-0.05, 0) is 24.3 Å². The SMILES string of the molecule is COc1ccc(S)cc1.F.F.F.F.F.F.[As]. The molecule has 0 aromatic heterocycles. The maximum Gasteiger partial charge on any atom is 0.118 e. The Bertz CT molecular complexity index is 201. The van der Waals surface area contributed by atoms with Gasteiger partial charge in [0.2, 0.25) is 0 Å². The molecule has 3 radical (unpaired) electrons. The van der Waals surface area contributed by atoms with Crippen molar-refractivity contribution in [2.75, 3.05) is 7.11 Å². The normalized spacial score (nSPS) is 5.12. The Kier molecular flexibility index (Phi) is 67.6. The van der Waals surface area contributed by atoms with Crippen LogP contribution in [0.3, 0.4) is 0 Å². The van der Waals surface area contributed by atoms with Crippen molar-refractivity contribution in [2.45, 2.75) is 4.90 Å². The molecule has 9 heteroatoms. The fourth-order valence-electron chi connectivity index (χ4n) is 0.582. The van der Waals surface area contributed by atoms with Crippen molar-refractivity contribution in [3.05, 3.63) is 24.3 Å². The molecule has 0 amide bonds. The van der Waals surface area contributed by atoms with Crippen LogP contribution in [0.4, 0.5) is 28.2 Å². The number of rotatable bonds is 1. The van der Waals surface area contributed by atoms with Gasteiger partial charge in [-0.3, -0.25) is 28.2 Å². The number of methoxy groups -OCH3 is 1. The molecule has 1 aromatic carbocycles. The van der Waals surface area contributed by atoms with Crippen LogP contribution in [0.5, 0.6) is 5.75 Å². The topological polar surface area (TPSA) is 9.23 Å². The minimum absolute atomic E-state index is 0. The molecule has 0 aliphatic heterocycles. The molecule has 16 heavy (non-hydrogen) atoms. The Morgan fingerprint density at radius 3 is 1.38 bits per heavy atom. The van der Waals surface area contributed by atoms with Crippen LogP contribution < -0.4 is 4.74 Å². The van der Waals surface area contributed by atoms with E-state index in [0.717, 1.165) is 10.6 Å². The predicted molar refractivity (Wildman–Crippen MR) is 61.0 cm³/mol. The summed E-state index contributed by atoms with van der Waals surface area (Å²) < 4.78 is 4.94. The summed E-state index contributed by atoms with van der Waals surface area (Å²) in [6.45, 7) is 0. The van der Waals surface area contributed by atoms with E-state index in [2.05, 4.69) is 12.6 Å². The summed E-state index contributed by atoms with van der Waals surface area (Å²) in [5.41, 5.74) is 0. The number of thiol groups is 1. The van der Waals surface area contributed by atoms with Gasteiger partial charge in [-0.25, -0.2) is 0 Å². The van der Waals surface area contributed by atoms with Crippen molar-refractivity contribution >= 4 is 30.6 Å².